The van der Waals surface area contributed by atoms with Gasteiger partial charge in [-0.15, -0.1) is 0 Å². The molecule has 1 amide bonds. The van der Waals surface area contributed by atoms with Crippen LogP contribution in [0.5, 0.6) is 0 Å². The van der Waals surface area contributed by atoms with Gasteiger partial charge in [-0.1, -0.05) is 24.3 Å². The van der Waals surface area contributed by atoms with Gasteiger partial charge in [-0.25, -0.2) is 14.8 Å². The minimum absolute atomic E-state index is 0.250. The van der Waals surface area contributed by atoms with Crippen LogP contribution in [0.4, 0.5) is 11.5 Å². The van der Waals surface area contributed by atoms with E-state index in [2.05, 4.69) is 14.7 Å². The zero-order valence-corrected chi connectivity index (χ0v) is 13.6. The number of esters is 1. The molecule has 0 atom stereocenters. The second kappa shape index (κ2) is 7.10. The van der Waals surface area contributed by atoms with Crippen LogP contribution in [0.2, 0.25) is 0 Å². The number of para-hydroxylation sites is 1. The molecule has 0 aliphatic carbocycles. The van der Waals surface area contributed by atoms with Crippen molar-refractivity contribution in [1.29, 1.82) is 0 Å². The SMILES string of the molecule is COC(=O)/C=C1\S/C(=N\c2ccccn2)N(c2ccccc2)C1=O. The molecule has 1 aliphatic rings. The van der Waals surface area contributed by atoms with Crippen LogP contribution in [0.25, 0.3) is 0 Å². The third-order valence-electron chi connectivity index (χ3n) is 3.13. The first-order valence-corrected chi connectivity index (χ1v) is 7.87. The van der Waals surface area contributed by atoms with Crippen LogP contribution < -0.4 is 4.90 Å². The number of anilines is 1. The van der Waals surface area contributed by atoms with Gasteiger partial charge in [0.2, 0.25) is 0 Å². The average Bonchev–Trinajstić information content (AvgIpc) is 2.91. The Morgan fingerprint density at radius 1 is 1.21 bits per heavy atom. The zero-order valence-electron chi connectivity index (χ0n) is 12.7. The summed E-state index contributed by atoms with van der Waals surface area (Å²) in [6.45, 7) is 0. The van der Waals surface area contributed by atoms with Gasteiger partial charge in [0.25, 0.3) is 5.91 Å². The fourth-order valence-corrected chi connectivity index (χ4v) is 2.99. The molecule has 120 valence electrons. The van der Waals surface area contributed by atoms with E-state index in [1.807, 2.05) is 24.3 Å². The lowest BCUT2D eigenvalue weighted by molar-refractivity contribution is -0.135. The lowest BCUT2D eigenvalue weighted by Crippen LogP contribution is -2.28. The maximum atomic E-state index is 12.7. The van der Waals surface area contributed by atoms with Crippen molar-refractivity contribution in [2.45, 2.75) is 0 Å². The van der Waals surface area contributed by atoms with Gasteiger partial charge in [0.1, 0.15) is 0 Å². The Balaban J connectivity index is 2.04. The number of amidine groups is 1. The number of nitrogens with zero attached hydrogens (tertiary/aromatic N) is 3. The highest BCUT2D eigenvalue weighted by molar-refractivity contribution is 8.19. The quantitative estimate of drug-likeness (QED) is 0.635. The summed E-state index contributed by atoms with van der Waals surface area (Å²) in [6.07, 6.45) is 2.79. The van der Waals surface area contributed by atoms with Gasteiger partial charge in [0.15, 0.2) is 11.0 Å². The number of amides is 1. The van der Waals surface area contributed by atoms with E-state index in [0.717, 1.165) is 11.8 Å². The molecule has 0 spiro atoms. The number of rotatable bonds is 3. The van der Waals surface area contributed by atoms with Crippen molar-refractivity contribution in [3.63, 3.8) is 0 Å². The summed E-state index contributed by atoms with van der Waals surface area (Å²) in [7, 11) is 1.27. The van der Waals surface area contributed by atoms with E-state index in [4.69, 9.17) is 0 Å². The summed E-state index contributed by atoms with van der Waals surface area (Å²) in [5.74, 6) is -0.433. The molecule has 1 saturated heterocycles. The van der Waals surface area contributed by atoms with Gasteiger partial charge in [-0.3, -0.25) is 9.69 Å². The summed E-state index contributed by atoms with van der Waals surface area (Å²) in [5, 5.41) is 0.431. The topological polar surface area (TPSA) is 71.9 Å². The Hall–Kier alpha value is -2.93. The van der Waals surface area contributed by atoms with Crippen LogP contribution in [-0.4, -0.2) is 29.1 Å². The van der Waals surface area contributed by atoms with Crippen molar-refractivity contribution in [1.82, 2.24) is 4.98 Å². The van der Waals surface area contributed by atoms with Crippen LogP contribution >= 0.6 is 11.8 Å². The number of aliphatic imine (C=N–C) groups is 1. The van der Waals surface area contributed by atoms with E-state index in [1.54, 1.807) is 30.5 Å². The summed E-state index contributed by atoms with van der Waals surface area (Å²) in [6, 6.07) is 14.4. The number of carbonyl (C=O) groups excluding carboxylic acids is 2. The van der Waals surface area contributed by atoms with Crippen molar-refractivity contribution in [2.24, 2.45) is 4.99 Å². The highest BCUT2D eigenvalue weighted by Gasteiger charge is 2.35. The van der Waals surface area contributed by atoms with Crippen molar-refractivity contribution >= 4 is 40.3 Å². The molecule has 2 aromatic rings. The number of carbonyl (C=O) groups is 2. The van der Waals surface area contributed by atoms with Gasteiger partial charge in [-0.05, 0) is 36.0 Å². The molecule has 1 aliphatic heterocycles. The van der Waals surface area contributed by atoms with E-state index in [-0.39, 0.29) is 10.8 Å². The monoisotopic (exact) mass is 339 g/mol. The number of ether oxygens (including phenoxy) is 1. The molecule has 1 fully saturated rings. The fourth-order valence-electron chi connectivity index (χ4n) is 2.04. The van der Waals surface area contributed by atoms with E-state index >= 15 is 0 Å². The maximum Gasteiger partial charge on any atom is 0.331 e. The third kappa shape index (κ3) is 3.36. The van der Waals surface area contributed by atoms with Crippen LogP contribution in [0, 0.1) is 0 Å². The third-order valence-corrected chi connectivity index (χ3v) is 4.10. The number of pyridine rings is 1. The molecule has 0 unspecified atom stereocenters. The smallest absolute Gasteiger partial charge is 0.331 e. The Labute approximate surface area is 142 Å². The number of aromatic nitrogens is 1. The largest absolute Gasteiger partial charge is 0.466 e. The predicted octanol–water partition coefficient (Wildman–Crippen LogP) is 2.91. The molecule has 0 N–H and O–H groups in total. The molecular weight excluding hydrogens is 326 g/mol. The van der Waals surface area contributed by atoms with Gasteiger partial charge >= 0.3 is 5.97 Å². The number of methoxy groups -OCH3 is 1. The fraction of sp³-hybridized carbons (Fsp3) is 0.0588. The number of hydrogen-bond donors (Lipinski definition) is 0. The minimum Gasteiger partial charge on any atom is -0.466 e. The first-order valence-electron chi connectivity index (χ1n) is 7.06. The second-order valence-electron chi connectivity index (χ2n) is 4.69. The standard InChI is InChI=1S/C17H13N3O3S/c1-23-15(21)11-13-16(22)20(12-7-3-2-4-8-12)17(24-13)19-14-9-5-6-10-18-14/h2-11H,1H3/b13-11-,19-17-. The Morgan fingerprint density at radius 2 is 1.96 bits per heavy atom. The summed E-state index contributed by atoms with van der Waals surface area (Å²) < 4.78 is 4.60. The molecule has 0 saturated carbocycles. The second-order valence-corrected chi connectivity index (χ2v) is 5.70. The van der Waals surface area contributed by atoms with Gasteiger partial charge in [-0.2, -0.15) is 0 Å². The number of hydrogen-bond acceptors (Lipinski definition) is 6. The average molecular weight is 339 g/mol. The van der Waals surface area contributed by atoms with Gasteiger partial charge in [0, 0.05) is 12.3 Å². The Kier molecular flexibility index (Phi) is 4.72. The van der Waals surface area contributed by atoms with Crippen molar-refractivity contribution in [3.05, 3.63) is 65.7 Å². The van der Waals surface area contributed by atoms with Crippen molar-refractivity contribution in [2.75, 3.05) is 12.0 Å². The van der Waals surface area contributed by atoms with Gasteiger partial charge in [0.05, 0.1) is 17.7 Å². The summed E-state index contributed by atoms with van der Waals surface area (Å²) in [4.78, 5) is 34.5. The molecule has 1 aromatic heterocycles. The van der Waals surface area contributed by atoms with E-state index < -0.39 is 5.97 Å². The molecule has 2 heterocycles. The van der Waals surface area contributed by atoms with Crippen LogP contribution in [0.1, 0.15) is 0 Å². The van der Waals surface area contributed by atoms with Crippen LogP contribution in [0.3, 0.4) is 0 Å². The van der Waals surface area contributed by atoms with Crippen molar-refractivity contribution in [3.8, 4) is 0 Å². The molecule has 6 nitrogen and oxygen atoms in total. The molecule has 3 rings (SSSR count). The van der Waals surface area contributed by atoms with E-state index in [1.165, 1.54) is 18.1 Å². The summed E-state index contributed by atoms with van der Waals surface area (Å²) >= 11 is 1.11. The van der Waals surface area contributed by atoms with Crippen LogP contribution in [0.15, 0.2) is 70.7 Å². The maximum absolute atomic E-state index is 12.7. The molecule has 1 aromatic carbocycles. The first-order chi connectivity index (χ1) is 11.7. The summed E-state index contributed by atoms with van der Waals surface area (Å²) in [5.41, 5.74) is 0.665. The van der Waals surface area contributed by atoms with E-state index in [9.17, 15) is 9.59 Å². The van der Waals surface area contributed by atoms with Crippen LogP contribution in [-0.2, 0) is 14.3 Å². The van der Waals surface area contributed by atoms with Crippen molar-refractivity contribution < 1.29 is 14.3 Å². The normalized spacial score (nSPS) is 17.5. The Morgan fingerprint density at radius 3 is 2.62 bits per heavy atom. The molecule has 0 radical (unpaired) electrons. The zero-order chi connectivity index (χ0) is 16.9. The molecule has 0 bridgehead atoms. The molecule has 24 heavy (non-hydrogen) atoms. The highest BCUT2D eigenvalue weighted by atomic mass is 32.2. The number of thioether (sulfide) groups is 1. The highest BCUT2D eigenvalue weighted by Crippen LogP contribution is 2.35. The lowest BCUT2D eigenvalue weighted by atomic mass is 10.3. The molecular formula is C17H13N3O3S. The first kappa shape index (κ1) is 15.9. The predicted molar refractivity (Wildman–Crippen MR) is 93.0 cm³/mol. The van der Waals surface area contributed by atoms with E-state index in [0.29, 0.717) is 16.7 Å². The van der Waals surface area contributed by atoms with Gasteiger partial charge < -0.3 is 4.74 Å². The Bertz CT molecular complexity index is 819. The molecule has 7 heteroatoms. The number of benzene rings is 1. The minimum atomic E-state index is -0.585. The lowest BCUT2D eigenvalue weighted by Gasteiger charge is -2.15.